The first kappa shape index (κ1) is 12.2. The fourth-order valence-corrected chi connectivity index (χ4v) is 3.27. The number of nitrogens with two attached hydrogens (primary N) is 1. The fraction of sp³-hybridized carbons (Fsp3) is 0.545. The highest BCUT2D eigenvalue weighted by Gasteiger charge is 2.18. The van der Waals surface area contributed by atoms with Crippen LogP contribution in [0.3, 0.4) is 0 Å². The van der Waals surface area contributed by atoms with Crippen molar-refractivity contribution in [3.05, 3.63) is 17.8 Å². The second-order valence-corrected chi connectivity index (χ2v) is 5.40. The SMILES string of the molecule is N/C(=N/O)c1ccnnc1SC1CCCCC1. The normalized spacial score (nSPS) is 18.2. The van der Waals surface area contributed by atoms with Crippen molar-refractivity contribution in [1.29, 1.82) is 0 Å². The van der Waals surface area contributed by atoms with Gasteiger partial charge in [-0.3, -0.25) is 0 Å². The molecule has 2 rings (SSSR count). The summed E-state index contributed by atoms with van der Waals surface area (Å²) in [5.41, 5.74) is 6.28. The zero-order chi connectivity index (χ0) is 12.1. The third kappa shape index (κ3) is 3.09. The van der Waals surface area contributed by atoms with Gasteiger partial charge in [-0.15, -0.1) is 16.9 Å². The molecule has 17 heavy (non-hydrogen) atoms. The number of rotatable bonds is 3. The molecule has 1 aliphatic rings. The number of thioether (sulfide) groups is 1. The minimum atomic E-state index is 0.0956. The summed E-state index contributed by atoms with van der Waals surface area (Å²) in [6, 6.07) is 1.73. The standard InChI is InChI=1S/C11H16N4OS/c12-10(15-16)9-6-7-13-14-11(9)17-8-4-2-1-3-5-8/h6-8,16H,1-5H2,(H2,12,15). The molecule has 92 valence electrons. The summed E-state index contributed by atoms with van der Waals surface area (Å²) in [5, 5.41) is 21.0. The van der Waals surface area contributed by atoms with E-state index in [1.54, 1.807) is 24.0 Å². The zero-order valence-electron chi connectivity index (χ0n) is 9.54. The third-order valence-corrected chi connectivity index (χ3v) is 4.23. The van der Waals surface area contributed by atoms with E-state index in [2.05, 4.69) is 15.4 Å². The molecule has 0 amide bonds. The lowest BCUT2D eigenvalue weighted by molar-refractivity contribution is 0.318. The molecular formula is C11H16N4OS. The highest BCUT2D eigenvalue weighted by molar-refractivity contribution is 7.99. The number of amidine groups is 1. The molecule has 1 aliphatic carbocycles. The van der Waals surface area contributed by atoms with Crippen LogP contribution in [-0.2, 0) is 0 Å². The molecule has 1 saturated carbocycles. The van der Waals surface area contributed by atoms with E-state index in [1.165, 1.54) is 32.1 Å². The molecule has 1 aromatic rings. The molecule has 1 fully saturated rings. The van der Waals surface area contributed by atoms with Crippen LogP contribution in [0.5, 0.6) is 0 Å². The summed E-state index contributed by atoms with van der Waals surface area (Å²) >= 11 is 1.69. The Kier molecular flexibility index (Phi) is 4.19. The van der Waals surface area contributed by atoms with Crippen LogP contribution < -0.4 is 5.73 Å². The van der Waals surface area contributed by atoms with Gasteiger partial charge in [0.15, 0.2) is 5.84 Å². The topological polar surface area (TPSA) is 84.4 Å². The highest BCUT2D eigenvalue weighted by Crippen LogP contribution is 2.33. The first-order valence-corrected chi connectivity index (χ1v) is 6.65. The summed E-state index contributed by atoms with van der Waals surface area (Å²) < 4.78 is 0. The highest BCUT2D eigenvalue weighted by atomic mass is 32.2. The van der Waals surface area contributed by atoms with Crippen LogP contribution in [0.15, 0.2) is 22.4 Å². The van der Waals surface area contributed by atoms with Crippen molar-refractivity contribution in [3.8, 4) is 0 Å². The summed E-state index contributed by atoms with van der Waals surface area (Å²) in [4.78, 5) is 0. The fourth-order valence-electron chi connectivity index (χ4n) is 2.00. The van der Waals surface area contributed by atoms with E-state index < -0.39 is 0 Å². The first-order chi connectivity index (χ1) is 8.31. The second-order valence-electron chi connectivity index (χ2n) is 4.11. The Morgan fingerprint density at radius 3 is 2.88 bits per heavy atom. The zero-order valence-corrected chi connectivity index (χ0v) is 10.4. The van der Waals surface area contributed by atoms with Crippen LogP contribution in [0.4, 0.5) is 0 Å². The molecule has 1 aromatic heterocycles. The Morgan fingerprint density at radius 2 is 2.18 bits per heavy atom. The number of hydrogen-bond donors (Lipinski definition) is 2. The molecule has 0 aromatic carbocycles. The molecule has 0 radical (unpaired) electrons. The maximum atomic E-state index is 8.72. The van der Waals surface area contributed by atoms with Crippen molar-refractivity contribution in [2.45, 2.75) is 42.4 Å². The maximum absolute atomic E-state index is 8.72. The molecule has 0 saturated heterocycles. The van der Waals surface area contributed by atoms with Gasteiger partial charge < -0.3 is 10.9 Å². The van der Waals surface area contributed by atoms with Gasteiger partial charge >= 0.3 is 0 Å². The lowest BCUT2D eigenvalue weighted by atomic mass is 10.0. The lowest BCUT2D eigenvalue weighted by Gasteiger charge is -2.20. The van der Waals surface area contributed by atoms with Gasteiger partial charge in [0.1, 0.15) is 5.03 Å². The second kappa shape index (κ2) is 5.86. The largest absolute Gasteiger partial charge is 0.409 e. The van der Waals surface area contributed by atoms with Crippen LogP contribution in [0.25, 0.3) is 0 Å². The van der Waals surface area contributed by atoms with Crippen LogP contribution in [-0.4, -0.2) is 26.5 Å². The minimum Gasteiger partial charge on any atom is -0.409 e. The Balaban J connectivity index is 2.14. The summed E-state index contributed by atoms with van der Waals surface area (Å²) in [6.07, 6.45) is 7.84. The molecule has 6 heteroatoms. The van der Waals surface area contributed by atoms with Crippen molar-refractivity contribution >= 4 is 17.6 Å². The van der Waals surface area contributed by atoms with Crippen LogP contribution in [0.1, 0.15) is 37.7 Å². The van der Waals surface area contributed by atoms with E-state index in [4.69, 9.17) is 10.9 Å². The van der Waals surface area contributed by atoms with Crippen molar-refractivity contribution < 1.29 is 5.21 Å². The van der Waals surface area contributed by atoms with E-state index in [0.717, 1.165) is 5.03 Å². The quantitative estimate of drug-likeness (QED) is 0.372. The summed E-state index contributed by atoms with van der Waals surface area (Å²) in [6.45, 7) is 0. The van der Waals surface area contributed by atoms with Crippen molar-refractivity contribution in [2.24, 2.45) is 10.9 Å². The Hall–Kier alpha value is -1.30. The Labute approximate surface area is 104 Å². The van der Waals surface area contributed by atoms with E-state index in [-0.39, 0.29) is 5.84 Å². The lowest BCUT2D eigenvalue weighted by Crippen LogP contribution is -2.17. The number of oxime groups is 1. The molecule has 0 bridgehead atoms. The van der Waals surface area contributed by atoms with Gasteiger partial charge in [-0.2, -0.15) is 5.10 Å². The van der Waals surface area contributed by atoms with E-state index in [1.807, 2.05) is 0 Å². The molecule has 0 atom stereocenters. The van der Waals surface area contributed by atoms with Crippen LogP contribution in [0.2, 0.25) is 0 Å². The van der Waals surface area contributed by atoms with Crippen molar-refractivity contribution in [1.82, 2.24) is 10.2 Å². The molecule has 1 heterocycles. The van der Waals surface area contributed by atoms with E-state index in [9.17, 15) is 0 Å². The summed E-state index contributed by atoms with van der Waals surface area (Å²) in [5.74, 6) is 0.0956. The predicted octanol–water partition coefficient (Wildman–Crippen LogP) is 2.00. The Morgan fingerprint density at radius 1 is 1.41 bits per heavy atom. The molecule has 5 nitrogen and oxygen atoms in total. The third-order valence-electron chi connectivity index (χ3n) is 2.90. The number of aromatic nitrogens is 2. The van der Waals surface area contributed by atoms with Gasteiger partial charge in [-0.25, -0.2) is 0 Å². The monoisotopic (exact) mass is 252 g/mol. The first-order valence-electron chi connectivity index (χ1n) is 5.77. The predicted molar refractivity (Wildman–Crippen MR) is 67.3 cm³/mol. The molecule has 0 aliphatic heterocycles. The number of nitrogens with zero attached hydrogens (tertiary/aromatic N) is 3. The minimum absolute atomic E-state index is 0.0956. The molecule has 0 unspecified atom stereocenters. The molecular weight excluding hydrogens is 236 g/mol. The average molecular weight is 252 g/mol. The maximum Gasteiger partial charge on any atom is 0.172 e. The van der Waals surface area contributed by atoms with Gasteiger partial charge in [0.05, 0.1) is 11.8 Å². The Bertz CT molecular complexity index is 404. The average Bonchev–Trinajstić information content (AvgIpc) is 2.40. The van der Waals surface area contributed by atoms with Gasteiger partial charge in [0.25, 0.3) is 0 Å². The summed E-state index contributed by atoms with van der Waals surface area (Å²) in [7, 11) is 0. The van der Waals surface area contributed by atoms with Gasteiger partial charge in [-0.1, -0.05) is 24.4 Å². The van der Waals surface area contributed by atoms with Crippen molar-refractivity contribution in [2.75, 3.05) is 0 Å². The van der Waals surface area contributed by atoms with E-state index in [0.29, 0.717) is 10.8 Å². The van der Waals surface area contributed by atoms with Crippen molar-refractivity contribution in [3.63, 3.8) is 0 Å². The van der Waals surface area contributed by atoms with Gasteiger partial charge in [0.2, 0.25) is 0 Å². The van der Waals surface area contributed by atoms with Gasteiger partial charge in [0, 0.05) is 5.25 Å². The van der Waals surface area contributed by atoms with Gasteiger partial charge in [-0.05, 0) is 18.9 Å². The van der Waals surface area contributed by atoms with Crippen LogP contribution >= 0.6 is 11.8 Å². The molecule has 3 N–H and O–H groups in total. The smallest absolute Gasteiger partial charge is 0.172 e. The van der Waals surface area contributed by atoms with Crippen LogP contribution in [0, 0.1) is 0 Å². The van der Waals surface area contributed by atoms with E-state index >= 15 is 0 Å². The number of hydrogen-bond acceptors (Lipinski definition) is 5. The molecule has 0 spiro atoms.